The molecule has 0 aliphatic heterocycles. The van der Waals surface area contributed by atoms with Crippen molar-refractivity contribution in [3.63, 3.8) is 0 Å². The largest absolute Gasteiger partial charge is 0.300 e. The fourth-order valence-electron chi connectivity index (χ4n) is 1.88. The van der Waals surface area contributed by atoms with E-state index in [4.69, 9.17) is 0 Å². The quantitative estimate of drug-likeness (QED) is 0.744. The van der Waals surface area contributed by atoms with E-state index in [0.717, 1.165) is 12.8 Å². The summed E-state index contributed by atoms with van der Waals surface area (Å²) in [4.78, 5) is 11.1. The van der Waals surface area contributed by atoms with Gasteiger partial charge in [0.05, 0.1) is 0 Å². The van der Waals surface area contributed by atoms with Crippen LogP contribution >= 0.6 is 0 Å². The average Bonchev–Trinajstić information content (AvgIpc) is 2.45. The van der Waals surface area contributed by atoms with Crippen LogP contribution < -0.4 is 0 Å². The van der Waals surface area contributed by atoms with Crippen molar-refractivity contribution in [3.05, 3.63) is 18.0 Å². The molecule has 1 aromatic rings. The highest BCUT2D eigenvalue weighted by molar-refractivity contribution is 5.76. The van der Waals surface area contributed by atoms with Crippen LogP contribution in [0, 0.1) is 5.41 Å². The van der Waals surface area contributed by atoms with Gasteiger partial charge in [-0.15, -0.1) is 0 Å². The lowest BCUT2D eigenvalue weighted by Crippen LogP contribution is -2.17. The number of carbonyl (C=O) groups is 1. The van der Waals surface area contributed by atoms with Crippen LogP contribution in [0.3, 0.4) is 0 Å². The van der Waals surface area contributed by atoms with Crippen LogP contribution in [0.2, 0.25) is 0 Å². The predicted molar refractivity (Wildman–Crippen MR) is 60.6 cm³/mol. The summed E-state index contributed by atoms with van der Waals surface area (Å²) >= 11 is 0. The van der Waals surface area contributed by atoms with Gasteiger partial charge in [-0.1, -0.05) is 13.8 Å². The smallest absolute Gasteiger partial charge is 0.130 e. The zero-order chi connectivity index (χ0) is 11.5. The first-order valence-electron chi connectivity index (χ1n) is 5.37. The van der Waals surface area contributed by atoms with Crippen LogP contribution in [0.5, 0.6) is 0 Å². The Morgan fingerprint density at radius 1 is 1.53 bits per heavy atom. The first-order valence-corrected chi connectivity index (χ1v) is 5.37. The van der Waals surface area contributed by atoms with Gasteiger partial charge in [0.15, 0.2) is 0 Å². The van der Waals surface area contributed by atoms with Gasteiger partial charge in [0, 0.05) is 25.4 Å². The Bertz CT molecular complexity index is 339. The maximum absolute atomic E-state index is 11.1. The molecule has 0 amide bonds. The fraction of sp³-hybridized carbons (Fsp3) is 0.667. The molecule has 0 aliphatic rings. The maximum atomic E-state index is 11.1. The molecular formula is C12H20N2O. The zero-order valence-corrected chi connectivity index (χ0v) is 10.1. The Morgan fingerprint density at radius 2 is 2.20 bits per heavy atom. The van der Waals surface area contributed by atoms with Gasteiger partial charge in [0.2, 0.25) is 0 Å². The Labute approximate surface area is 91.5 Å². The Morgan fingerprint density at radius 3 is 2.67 bits per heavy atom. The molecule has 3 nitrogen and oxygen atoms in total. The van der Waals surface area contributed by atoms with Crippen molar-refractivity contribution in [2.45, 2.75) is 40.0 Å². The van der Waals surface area contributed by atoms with Gasteiger partial charge in [0.1, 0.15) is 5.78 Å². The van der Waals surface area contributed by atoms with E-state index in [1.807, 2.05) is 24.0 Å². The Balaban J connectivity index is 2.49. The van der Waals surface area contributed by atoms with Crippen LogP contribution in [-0.2, 0) is 18.3 Å². The number of aryl methyl sites for hydroxylation is 2. The summed E-state index contributed by atoms with van der Waals surface area (Å²) in [5, 5.41) is 4.13. The van der Waals surface area contributed by atoms with Gasteiger partial charge in [0.25, 0.3) is 0 Å². The molecule has 84 valence electrons. The number of Topliss-reactive ketones (excluding diaryl/α,β-unsaturated/α-hetero) is 1. The van der Waals surface area contributed by atoms with Crippen LogP contribution in [0.25, 0.3) is 0 Å². The number of nitrogens with zero attached hydrogens (tertiary/aromatic N) is 2. The third-order valence-electron chi connectivity index (χ3n) is 2.71. The van der Waals surface area contributed by atoms with Crippen molar-refractivity contribution in [2.24, 2.45) is 12.5 Å². The summed E-state index contributed by atoms with van der Waals surface area (Å²) in [5.41, 5.74) is 1.32. The van der Waals surface area contributed by atoms with Crippen LogP contribution in [0.15, 0.2) is 12.3 Å². The van der Waals surface area contributed by atoms with Crippen molar-refractivity contribution in [1.82, 2.24) is 9.78 Å². The third kappa shape index (κ3) is 3.86. The minimum Gasteiger partial charge on any atom is -0.300 e. The number of hydrogen-bond donors (Lipinski definition) is 0. The van der Waals surface area contributed by atoms with E-state index in [2.05, 4.69) is 18.9 Å². The molecule has 0 radical (unpaired) electrons. The van der Waals surface area contributed by atoms with Gasteiger partial charge in [-0.25, -0.2) is 0 Å². The monoisotopic (exact) mass is 208 g/mol. The number of ketones is 1. The number of aromatic nitrogens is 2. The maximum Gasteiger partial charge on any atom is 0.130 e. The number of hydrogen-bond acceptors (Lipinski definition) is 2. The molecule has 0 aliphatic carbocycles. The second-order valence-electron chi connectivity index (χ2n) is 4.99. The number of carbonyl (C=O) groups excluding carboxylic acids is 1. The molecule has 1 aromatic heterocycles. The summed E-state index contributed by atoms with van der Waals surface area (Å²) in [6, 6.07) is 2.03. The lowest BCUT2D eigenvalue weighted by molar-refractivity contribution is -0.118. The molecule has 0 saturated carbocycles. The molecule has 0 saturated heterocycles. The van der Waals surface area contributed by atoms with Crippen molar-refractivity contribution in [1.29, 1.82) is 0 Å². The van der Waals surface area contributed by atoms with Gasteiger partial charge < -0.3 is 4.79 Å². The minimum absolute atomic E-state index is 0.0934. The molecule has 0 spiro atoms. The summed E-state index contributed by atoms with van der Waals surface area (Å²) in [7, 11) is 1.95. The average molecular weight is 208 g/mol. The van der Waals surface area contributed by atoms with Crippen LogP contribution in [-0.4, -0.2) is 15.6 Å². The van der Waals surface area contributed by atoms with Gasteiger partial charge in [-0.2, -0.15) is 5.10 Å². The Hall–Kier alpha value is -1.12. The summed E-state index contributed by atoms with van der Waals surface area (Å²) < 4.78 is 1.89. The standard InChI is InChI=1S/C12H20N2O/c1-10(15)9-12(2,3)7-5-11-6-8-13-14(11)4/h6,8H,5,7,9H2,1-4H3. The lowest BCUT2D eigenvalue weighted by atomic mass is 9.82. The highest BCUT2D eigenvalue weighted by atomic mass is 16.1. The first kappa shape index (κ1) is 12.0. The van der Waals surface area contributed by atoms with Crippen molar-refractivity contribution < 1.29 is 4.79 Å². The summed E-state index contributed by atoms with van der Waals surface area (Å²) in [5.74, 6) is 0.269. The predicted octanol–water partition coefficient (Wildman–Crippen LogP) is 2.36. The molecule has 0 atom stereocenters. The van der Waals surface area contributed by atoms with Crippen molar-refractivity contribution in [3.8, 4) is 0 Å². The third-order valence-corrected chi connectivity index (χ3v) is 2.71. The molecule has 3 heteroatoms. The van der Waals surface area contributed by atoms with E-state index in [9.17, 15) is 4.79 Å². The minimum atomic E-state index is 0.0934. The number of rotatable bonds is 5. The van der Waals surface area contributed by atoms with E-state index in [0.29, 0.717) is 6.42 Å². The van der Waals surface area contributed by atoms with E-state index in [1.54, 1.807) is 6.92 Å². The van der Waals surface area contributed by atoms with Crippen LogP contribution in [0.4, 0.5) is 0 Å². The Kier molecular flexibility index (Phi) is 3.66. The molecule has 0 aromatic carbocycles. The molecule has 15 heavy (non-hydrogen) atoms. The summed E-state index contributed by atoms with van der Waals surface area (Å²) in [6.45, 7) is 5.95. The highest BCUT2D eigenvalue weighted by Crippen LogP contribution is 2.27. The molecule has 0 bridgehead atoms. The zero-order valence-electron chi connectivity index (χ0n) is 10.1. The normalized spacial score (nSPS) is 11.7. The van der Waals surface area contributed by atoms with Crippen LogP contribution in [0.1, 0.15) is 39.3 Å². The highest BCUT2D eigenvalue weighted by Gasteiger charge is 2.20. The van der Waals surface area contributed by atoms with Crippen molar-refractivity contribution in [2.75, 3.05) is 0 Å². The topological polar surface area (TPSA) is 34.9 Å². The molecule has 1 rings (SSSR count). The van der Waals surface area contributed by atoms with E-state index in [1.165, 1.54) is 5.69 Å². The first-order chi connectivity index (χ1) is 6.91. The molecule has 0 unspecified atom stereocenters. The van der Waals surface area contributed by atoms with Gasteiger partial charge >= 0.3 is 0 Å². The summed E-state index contributed by atoms with van der Waals surface area (Å²) in [6.07, 6.45) is 4.47. The van der Waals surface area contributed by atoms with E-state index < -0.39 is 0 Å². The molecule has 0 fully saturated rings. The van der Waals surface area contributed by atoms with Crippen molar-refractivity contribution >= 4 is 5.78 Å². The van der Waals surface area contributed by atoms with E-state index in [-0.39, 0.29) is 11.2 Å². The second-order valence-corrected chi connectivity index (χ2v) is 4.99. The molecule has 0 N–H and O–H groups in total. The van der Waals surface area contributed by atoms with Gasteiger partial charge in [-0.05, 0) is 31.2 Å². The fourth-order valence-corrected chi connectivity index (χ4v) is 1.88. The second kappa shape index (κ2) is 4.60. The SMILES string of the molecule is CC(=O)CC(C)(C)CCc1ccnn1C. The molecule has 1 heterocycles. The van der Waals surface area contributed by atoms with Gasteiger partial charge in [-0.3, -0.25) is 4.68 Å². The lowest BCUT2D eigenvalue weighted by Gasteiger charge is -2.22. The van der Waals surface area contributed by atoms with E-state index >= 15 is 0 Å². The molecular weight excluding hydrogens is 188 g/mol.